The SMILES string of the molecule is CCCCOC(=O)[C@H](C)C[P@](=O)(OC[C@H]1O[C@@H](n2ccc(=O)[nH]c2=S)C(C)(O)[C@H]1O)Oc1ccccc1. The van der Waals surface area contributed by atoms with Crippen LogP contribution in [0.1, 0.15) is 39.8 Å². The first-order valence-corrected chi connectivity index (χ1v) is 14.1. The molecule has 1 fully saturated rings. The smallest absolute Gasteiger partial charge is 0.380 e. The summed E-state index contributed by atoms with van der Waals surface area (Å²) in [7, 11) is -3.97. The summed E-state index contributed by atoms with van der Waals surface area (Å²) in [6.45, 7) is 4.73. The highest BCUT2D eigenvalue weighted by Gasteiger charge is 2.53. The number of H-pyrrole nitrogens is 1. The lowest BCUT2D eigenvalue weighted by Crippen LogP contribution is -2.44. The number of carbonyl (C=O) groups excluding carboxylic acids is 1. The maximum absolute atomic E-state index is 13.8. The van der Waals surface area contributed by atoms with Crippen LogP contribution in [0.4, 0.5) is 0 Å². The van der Waals surface area contributed by atoms with Gasteiger partial charge in [-0.2, -0.15) is 0 Å². The monoisotopic (exact) mass is 556 g/mol. The lowest BCUT2D eigenvalue weighted by atomic mass is 9.96. The first-order valence-electron chi connectivity index (χ1n) is 12.0. The molecule has 1 aromatic heterocycles. The van der Waals surface area contributed by atoms with Gasteiger partial charge in [0.1, 0.15) is 23.6 Å². The fourth-order valence-corrected chi connectivity index (χ4v) is 5.93. The van der Waals surface area contributed by atoms with Crippen LogP contribution in [0.5, 0.6) is 5.75 Å². The molecule has 1 unspecified atom stereocenters. The Bertz CT molecular complexity index is 1220. The molecule has 13 heteroatoms. The van der Waals surface area contributed by atoms with Crippen LogP contribution in [0.25, 0.3) is 0 Å². The minimum atomic E-state index is -3.97. The Kier molecular flexibility index (Phi) is 9.85. The van der Waals surface area contributed by atoms with E-state index in [9.17, 15) is 24.4 Å². The summed E-state index contributed by atoms with van der Waals surface area (Å²) in [5, 5.41) is 21.8. The molecule has 1 aromatic carbocycles. The molecule has 37 heavy (non-hydrogen) atoms. The zero-order valence-electron chi connectivity index (χ0n) is 20.9. The second kappa shape index (κ2) is 12.5. The van der Waals surface area contributed by atoms with Gasteiger partial charge < -0.3 is 24.2 Å². The molecule has 3 N–H and O–H groups in total. The number of carbonyl (C=O) groups is 1. The molecule has 0 saturated carbocycles. The van der Waals surface area contributed by atoms with E-state index in [0.29, 0.717) is 6.42 Å². The highest BCUT2D eigenvalue weighted by molar-refractivity contribution is 7.71. The van der Waals surface area contributed by atoms with Gasteiger partial charge in [0.05, 0.1) is 25.3 Å². The normalized spacial score (nSPS) is 25.8. The van der Waals surface area contributed by atoms with Gasteiger partial charge in [0.25, 0.3) is 5.56 Å². The van der Waals surface area contributed by atoms with Gasteiger partial charge in [-0.25, -0.2) is 4.57 Å². The van der Waals surface area contributed by atoms with Gasteiger partial charge >= 0.3 is 13.6 Å². The number of esters is 1. The van der Waals surface area contributed by atoms with Crippen molar-refractivity contribution >= 4 is 25.8 Å². The number of benzene rings is 1. The van der Waals surface area contributed by atoms with E-state index in [4.69, 9.17) is 30.7 Å². The Hall–Kier alpha value is -2.34. The molecule has 1 saturated heterocycles. The standard InChI is InChI=1S/C24H33N2O9PS/c1-4-5-13-32-21(29)16(2)15-36(31,35-17-9-7-6-8-10-17)33-14-18-20(28)24(3,30)22(34-18)26-12-11-19(27)25-23(26)37/h6-12,16,18,20,22,28,30H,4-5,13-15H2,1-3H3,(H,25,27,37)/t16-,18-,20+,22-,24?,36+/m1/s1. The van der Waals surface area contributed by atoms with Crippen LogP contribution >= 0.6 is 19.8 Å². The number of nitrogens with one attached hydrogen (secondary N) is 1. The van der Waals surface area contributed by atoms with E-state index < -0.39 is 55.7 Å². The molecule has 1 aliphatic heterocycles. The lowest BCUT2D eigenvalue weighted by molar-refractivity contribution is -0.147. The van der Waals surface area contributed by atoms with Crippen LogP contribution in [0.3, 0.4) is 0 Å². The minimum Gasteiger partial charge on any atom is -0.465 e. The highest BCUT2D eigenvalue weighted by atomic mass is 32.1. The van der Waals surface area contributed by atoms with Gasteiger partial charge in [-0.1, -0.05) is 38.5 Å². The molecular weight excluding hydrogens is 523 g/mol. The average Bonchev–Trinajstić information content (AvgIpc) is 3.07. The number of ether oxygens (including phenoxy) is 2. The summed E-state index contributed by atoms with van der Waals surface area (Å²) in [6, 6.07) is 9.55. The first-order chi connectivity index (χ1) is 17.5. The van der Waals surface area contributed by atoms with Gasteiger partial charge in [-0.3, -0.25) is 23.7 Å². The van der Waals surface area contributed by atoms with Gasteiger partial charge in [-0.15, -0.1) is 0 Å². The van der Waals surface area contributed by atoms with E-state index in [2.05, 4.69) is 4.98 Å². The Morgan fingerprint density at radius 2 is 2.03 bits per heavy atom. The predicted molar refractivity (Wildman–Crippen MR) is 137 cm³/mol. The molecular formula is C24H33N2O9PS. The van der Waals surface area contributed by atoms with Gasteiger partial charge in [0, 0.05) is 12.3 Å². The Morgan fingerprint density at radius 1 is 1.32 bits per heavy atom. The third-order valence-corrected chi connectivity index (χ3v) is 8.26. The van der Waals surface area contributed by atoms with E-state index in [1.807, 2.05) is 6.92 Å². The molecule has 0 bridgehead atoms. The number of aromatic amines is 1. The predicted octanol–water partition coefficient (Wildman–Crippen LogP) is 3.18. The van der Waals surface area contributed by atoms with Crippen molar-refractivity contribution in [1.82, 2.24) is 9.55 Å². The van der Waals surface area contributed by atoms with Crippen LogP contribution in [0, 0.1) is 10.7 Å². The van der Waals surface area contributed by atoms with E-state index in [1.54, 1.807) is 37.3 Å². The molecule has 11 nitrogen and oxygen atoms in total. The third kappa shape index (κ3) is 7.37. The van der Waals surface area contributed by atoms with Crippen molar-refractivity contribution in [2.24, 2.45) is 5.92 Å². The van der Waals surface area contributed by atoms with Crippen LogP contribution in [-0.4, -0.2) is 62.9 Å². The van der Waals surface area contributed by atoms with Crippen molar-refractivity contribution in [2.45, 2.75) is 57.6 Å². The fraction of sp³-hybridized carbons (Fsp3) is 0.542. The Labute approximate surface area is 219 Å². The summed E-state index contributed by atoms with van der Waals surface area (Å²) < 4.78 is 37.5. The van der Waals surface area contributed by atoms with Gasteiger partial charge in [-0.05, 0) is 37.7 Å². The molecule has 0 radical (unpaired) electrons. The van der Waals surface area contributed by atoms with Crippen molar-refractivity contribution < 1.29 is 38.1 Å². The number of nitrogens with zero attached hydrogens (tertiary/aromatic N) is 1. The van der Waals surface area contributed by atoms with Crippen LogP contribution < -0.4 is 10.1 Å². The highest BCUT2D eigenvalue weighted by Crippen LogP contribution is 2.51. The zero-order chi connectivity index (χ0) is 27.2. The molecule has 0 amide bonds. The van der Waals surface area contributed by atoms with Crippen molar-refractivity contribution in [1.29, 1.82) is 0 Å². The number of aliphatic hydroxyl groups excluding tert-OH is 1. The Balaban J connectivity index is 1.77. The number of aliphatic hydroxyl groups is 2. The number of hydrogen-bond donors (Lipinski definition) is 3. The molecule has 2 aromatic rings. The number of aromatic nitrogens is 2. The fourth-order valence-electron chi connectivity index (χ4n) is 3.80. The van der Waals surface area contributed by atoms with Crippen molar-refractivity contribution in [2.75, 3.05) is 19.4 Å². The van der Waals surface area contributed by atoms with E-state index in [1.165, 1.54) is 23.8 Å². The largest absolute Gasteiger partial charge is 0.465 e. The van der Waals surface area contributed by atoms with Crippen molar-refractivity contribution in [3.8, 4) is 5.75 Å². The maximum atomic E-state index is 13.8. The van der Waals surface area contributed by atoms with Crippen LogP contribution in [0.2, 0.25) is 0 Å². The average molecular weight is 557 g/mol. The van der Waals surface area contributed by atoms with Crippen LogP contribution in [-0.2, 0) is 23.4 Å². The molecule has 1 aliphatic rings. The maximum Gasteiger partial charge on any atom is 0.380 e. The number of para-hydroxylation sites is 1. The third-order valence-electron chi connectivity index (χ3n) is 5.92. The van der Waals surface area contributed by atoms with Crippen molar-refractivity contribution in [3.63, 3.8) is 0 Å². The first kappa shape index (κ1) is 29.2. The van der Waals surface area contributed by atoms with Gasteiger partial charge in [0.2, 0.25) is 0 Å². The van der Waals surface area contributed by atoms with E-state index >= 15 is 0 Å². The molecule has 6 atom stereocenters. The second-order valence-electron chi connectivity index (χ2n) is 9.13. The quantitative estimate of drug-likeness (QED) is 0.154. The summed E-state index contributed by atoms with van der Waals surface area (Å²) in [5.74, 6) is -1.05. The second-order valence-corrected chi connectivity index (χ2v) is 11.5. The summed E-state index contributed by atoms with van der Waals surface area (Å²) in [5.41, 5.74) is -2.26. The molecule has 3 rings (SSSR count). The van der Waals surface area contributed by atoms with Gasteiger partial charge in [0.15, 0.2) is 11.0 Å². The number of rotatable bonds is 12. The Morgan fingerprint density at radius 3 is 2.68 bits per heavy atom. The topological polar surface area (TPSA) is 149 Å². The summed E-state index contributed by atoms with van der Waals surface area (Å²) >= 11 is 5.16. The van der Waals surface area contributed by atoms with Crippen molar-refractivity contribution in [3.05, 3.63) is 57.7 Å². The molecule has 204 valence electrons. The molecule has 0 aliphatic carbocycles. The number of hydrogen-bond acceptors (Lipinski definition) is 10. The number of unbranched alkanes of at least 4 members (excludes halogenated alkanes) is 1. The van der Waals surface area contributed by atoms with E-state index in [-0.39, 0.29) is 23.3 Å². The molecule has 0 spiro atoms. The lowest BCUT2D eigenvalue weighted by Gasteiger charge is -2.28. The minimum absolute atomic E-state index is 0.0139. The van der Waals surface area contributed by atoms with Crippen LogP contribution in [0.15, 0.2) is 47.4 Å². The summed E-state index contributed by atoms with van der Waals surface area (Å²) in [4.78, 5) is 26.4. The van der Waals surface area contributed by atoms with E-state index in [0.717, 1.165) is 6.42 Å². The zero-order valence-corrected chi connectivity index (χ0v) is 22.7. The summed E-state index contributed by atoms with van der Waals surface area (Å²) in [6.07, 6.45) is -1.13. The molecule has 2 heterocycles.